The minimum absolute atomic E-state index is 0.0321. The molecule has 0 aliphatic carbocycles. The van der Waals surface area contributed by atoms with Crippen molar-refractivity contribution in [1.29, 1.82) is 0 Å². The zero-order valence-electron chi connectivity index (χ0n) is 19.2. The molecule has 0 bridgehead atoms. The molecular formula is C26H29N3O4. The summed E-state index contributed by atoms with van der Waals surface area (Å²) in [6.07, 6.45) is 0. The lowest BCUT2D eigenvalue weighted by Crippen LogP contribution is -2.54. The second-order valence-electron chi connectivity index (χ2n) is 8.09. The van der Waals surface area contributed by atoms with Crippen LogP contribution in [0.3, 0.4) is 0 Å². The number of anilines is 1. The van der Waals surface area contributed by atoms with Crippen molar-refractivity contribution in [2.45, 2.75) is 13.0 Å². The first-order valence-electron chi connectivity index (χ1n) is 11.1. The van der Waals surface area contributed by atoms with Crippen LogP contribution in [0.15, 0.2) is 60.7 Å². The highest BCUT2D eigenvalue weighted by Crippen LogP contribution is 2.29. The Morgan fingerprint density at radius 3 is 2.36 bits per heavy atom. The fraction of sp³-hybridized carbons (Fsp3) is 0.308. The summed E-state index contributed by atoms with van der Waals surface area (Å²) in [4.78, 5) is 30.1. The molecule has 7 nitrogen and oxygen atoms in total. The Bertz CT molecular complexity index is 1150. The summed E-state index contributed by atoms with van der Waals surface area (Å²) in [7, 11) is 3.14. The Kier molecular flexibility index (Phi) is 6.79. The third-order valence-corrected chi connectivity index (χ3v) is 6.21. The number of hydrogen-bond acceptors (Lipinski definition) is 5. The second kappa shape index (κ2) is 9.92. The van der Waals surface area contributed by atoms with E-state index in [1.165, 1.54) is 0 Å². The molecule has 0 radical (unpaired) electrons. The molecule has 0 spiro atoms. The van der Waals surface area contributed by atoms with Gasteiger partial charge in [0.15, 0.2) is 0 Å². The molecule has 3 aromatic rings. The van der Waals surface area contributed by atoms with Gasteiger partial charge >= 0.3 is 0 Å². The molecule has 3 aromatic carbocycles. The van der Waals surface area contributed by atoms with Crippen molar-refractivity contribution < 1.29 is 19.1 Å². The van der Waals surface area contributed by atoms with Crippen LogP contribution in [-0.2, 0) is 4.79 Å². The molecule has 33 heavy (non-hydrogen) atoms. The van der Waals surface area contributed by atoms with Gasteiger partial charge in [-0.2, -0.15) is 0 Å². The van der Waals surface area contributed by atoms with Crippen molar-refractivity contribution in [2.24, 2.45) is 0 Å². The van der Waals surface area contributed by atoms with E-state index in [4.69, 9.17) is 9.47 Å². The Hall–Kier alpha value is -3.58. The van der Waals surface area contributed by atoms with E-state index < -0.39 is 0 Å². The molecule has 2 amide bonds. The molecular weight excluding hydrogens is 418 g/mol. The first kappa shape index (κ1) is 22.6. The Morgan fingerprint density at radius 1 is 0.909 bits per heavy atom. The normalized spacial score (nSPS) is 15.2. The molecule has 7 heteroatoms. The van der Waals surface area contributed by atoms with E-state index in [1.54, 1.807) is 32.4 Å². The van der Waals surface area contributed by atoms with Crippen LogP contribution in [-0.4, -0.2) is 68.1 Å². The molecule has 0 aromatic heterocycles. The second-order valence-corrected chi connectivity index (χ2v) is 8.09. The van der Waals surface area contributed by atoms with E-state index in [0.29, 0.717) is 43.4 Å². The highest BCUT2D eigenvalue weighted by atomic mass is 16.5. The molecule has 1 N–H and O–H groups in total. The average molecular weight is 448 g/mol. The van der Waals surface area contributed by atoms with Crippen molar-refractivity contribution in [3.05, 3.63) is 66.2 Å². The van der Waals surface area contributed by atoms with Crippen molar-refractivity contribution >= 4 is 28.3 Å². The van der Waals surface area contributed by atoms with Gasteiger partial charge in [-0.1, -0.05) is 36.4 Å². The standard InChI is InChI=1S/C26H29N3O4/c1-18(25(30)27-23-17-20(32-2)11-12-24(23)33-3)28-13-15-29(16-14-28)26(31)22-10-6-8-19-7-4-5-9-21(19)22/h4-12,17-18H,13-16H2,1-3H3,(H,27,30). The molecule has 1 aliphatic heterocycles. The lowest BCUT2D eigenvalue weighted by Gasteiger charge is -2.37. The predicted octanol–water partition coefficient (Wildman–Crippen LogP) is 3.64. The first-order valence-corrected chi connectivity index (χ1v) is 11.1. The molecule has 172 valence electrons. The fourth-order valence-electron chi connectivity index (χ4n) is 4.21. The monoisotopic (exact) mass is 447 g/mol. The number of nitrogens with one attached hydrogen (secondary N) is 1. The third-order valence-electron chi connectivity index (χ3n) is 6.21. The minimum atomic E-state index is -0.351. The highest BCUT2D eigenvalue weighted by molar-refractivity contribution is 6.07. The van der Waals surface area contributed by atoms with Crippen LogP contribution in [0, 0.1) is 0 Å². The van der Waals surface area contributed by atoms with Crippen LogP contribution in [0.25, 0.3) is 10.8 Å². The molecule has 0 saturated carbocycles. The van der Waals surface area contributed by atoms with E-state index in [1.807, 2.05) is 54.3 Å². The van der Waals surface area contributed by atoms with E-state index in [-0.39, 0.29) is 17.9 Å². The molecule has 1 fully saturated rings. The summed E-state index contributed by atoms with van der Waals surface area (Å²) in [5.74, 6) is 1.11. The number of ether oxygens (including phenoxy) is 2. The largest absolute Gasteiger partial charge is 0.497 e. The molecule has 1 aliphatic rings. The summed E-state index contributed by atoms with van der Waals surface area (Å²) < 4.78 is 10.6. The van der Waals surface area contributed by atoms with E-state index in [0.717, 1.165) is 16.3 Å². The van der Waals surface area contributed by atoms with Crippen molar-refractivity contribution in [3.63, 3.8) is 0 Å². The number of carbonyl (C=O) groups is 2. The summed E-state index contributed by atoms with van der Waals surface area (Å²) in [5.41, 5.74) is 1.29. The summed E-state index contributed by atoms with van der Waals surface area (Å²) >= 11 is 0. The van der Waals surface area contributed by atoms with Crippen molar-refractivity contribution in [2.75, 3.05) is 45.7 Å². The molecule has 1 heterocycles. The van der Waals surface area contributed by atoms with Gasteiger partial charge < -0.3 is 19.7 Å². The topological polar surface area (TPSA) is 71.1 Å². The fourth-order valence-corrected chi connectivity index (χ4v) is 4.21. The third kappa shape index (κ3) is 4.78. The van der Waals surface area contributed by atoms with Crippen molar-refractivity contribution in [3.8, 4) is 11.5 Å². The Morgan fingerprint density at radius 2 is 1.64 bits per heavy atom. The van der Waals surface area contributed by atoms with Crippen LogP contribution in [0.2, 0.25) is 0 Å². The molecule has 1 atom stereocenters. The van der Waals surface area contributed by atoms with E-state index >= 15 is 0 Å². The highest BCUT2D eigenvalue weighted by Gasteiger charge is 2.29. The molecule has 1 unspecified atom stereocenters. The van der Waals surface area contributed by atoms with Gasteiger partial charge in [0.25, 0.3) is 5.91 Å². The number of rotatable bonds is 6. The van der Waals surface area contributed by atoms with Crippen LogP contribution in [0.4, 0.5) is 5.69 Å². The number of amides is 2. The maximum absolute atomic E-state index is 13.2. The SMILES string of the molecule is COc1ccc(OC)c(NC(=O)C(C)N2CCN(C(=O)c3cccc4ccccc34)CC2)c1. The Balaban J connectivity index is 1.39. The average Bonchev–Trinajstić information content (AvgIpc) is 2.87. The quantitative estimate of drug-likeness (QED) is 0.625. The van der Waals surface area contributed by atoms with Crippen molar-refractivity contribution in [1.82, 2.24) is 9.80 Å². The van der Waals surface area contributed by atoms with Crippen LogP contribution < -0.4 is 14.8 Å². The number of carbonyl (C=O) groups excluding carboxylic acids is 2. The summed E-state index contributed by atoms with van der Waals surface area (Å²) in [6.45, 7) is 4.27. The van der Waals surface area contributed by atoms with Gasteiger partial charge in [0.05, 0.1) is 25.9 Å². The smallest absolute Gasteiger partial charge is 0.254 e. The van der Waals surface area contributed by atoms with Gasteiger partial charge in [-0.05, 0) is 35.9 Å². The van der Waals surface area contributed by atoms with Gasteiger partial charge in [-0.3, -0.25) is 14.5 Å². The lowest BCUT2D eigenvalue weighted by atomic mass is 10.0. The Labute approximate surface area is 193 Å². The van der Waals surface area contributed by atoms with Crippen LogP contribution in [0.5, 0.6) is 11.5 Å². The van der Waals surface area contributed by atoms with Gasteiger partial charge in [0.2, 0.25) is 5.91 Å². The number of piperazine rings is 1. The van der Waals surface area contributed by atoms with Gasteiger partial charge in [0, 0.05) is 37.8 Å². The van der Waals surface area contributed by atoms with Crippen LogP contribution >= 0.6 is 0 Å². The first-order chi connectivity index (χ1) is 16.0. The summed E-state index contributed by atoms with van der Waals surface area (Å²) in [6, 6.07) is 18.7. The van der Waals surface area contributed by atoms with Gasteiger partial charge in [-0.25, -0.2) is 0 Å². The predicted molar refractivity (Wildman–Crippen MR) is 129 cm³/mol. The maximum atomic E-state index is 13.2. The number of methoxy groups -OCH3 is 2. The van der Waals surface area contributed by atoms with Crippen LogP contribution in [0.1, 0.15) is 17.3 Å². The summed E-state index contributed by atoms with van der Waals surface area (Å²) in [5, 5.41) is 4.97. The number of fused-ring (bicyclic) bond motifs is 1. The zero-order valence-corrected chi connectivity index (χ0v) is 19.2. The van der Waals surface area contributed by atoms with E-state index in [2.05, 4.69) is 10.2 Å². The van der Waals surface area contributed by atoms with E-state index in [9.17, 15) is 9.59 Å². The number of nitrogens with zero attached hydrogens (tertiary/aromatic N) is 2. The number of hydrogen-bond donors (Lipinski definition) is 1. The zero-order chi connectivity index (χ0) is 23.4. The maximum Gasteiger partial charge on any atom is 0.254 e. The lowest BCUT2D eigenvalue weighted by molar-refractivity contribution is -0.121. The minimum Gasteiger partial charge on any atom is -0.497 e. The van der Waals surface area contributed by atoms with Gasteiger partial charge in [-0.15, -0.1) is 0 Å². The van der Waals surface area contributed by atoms with Gasteiger partial charge in [0.1, 0.15) is 11.5 Å². The number of benzene rings is 3. The molecule has 1 saturated heterocycles. The molecule has 4 rings (SSSR count).